The average Bonchev–Trinajstić information content (AvgIpc) is 2.77. The highest BCUT2D eigenvalue weighted by Crippen LogP contribution is 2.39. The number of thiophene rings is 1. The fourth-order valence-corrected chi connectivity index (χ4v) is 3.87. The normalized spacial score (nSPS) is 13.6. The molecule has 0 fully saturated rings. The van der Waals surface area contributed by atoms with E-state index in [-0.39, 0.29) is 10.8 Å². The summed E-state index contributed by atoms with van der Waals surface area (Å²) in [5, 5.41) is -0.0395. The number of benzene rings is 1. The molecule has 2 heteroatoms. The van der Waals surface area contributed by atoms with Crippen LogP contribution in [0.1, 0.15) is 52.6 Å². The third-order valence-electron chi connectivity index (χ3n) is 3.41. The largest absolute Gasteiger partial charge is 0.143 e. The molecule has 0 aliphatic carbocycles. The van der Waals surface area contributed by atoms with Crippen molar-refractivity contribution in [3.05, 3.63) is 56.8 Å². The van der Waals surface area contributed by atoms with Gasteiger partial charge in [0.2, 0.25) is 0 Å². The van der Waals surface area contributed by atoms with E-state index in [1.165, 1.54) is 26.4 Å². The lowest BCUT2D eigenvalue weighted by molar-refractivity contribution is 0.604. The Morgan fingerprint density at radius 2 is 1.58 bits per heavy atom. The van der Waals surface area contributed by atoms with Gasteiger partial charge in [0.1, 0.15) is 0 Å². The van der Waals surface area contributed by atoms with Crippen LogP contribution in [0.5, 0.6) is 0 Å². The van der Waals surface area contributed by atoms with Gasteiger partial charge in [-0.2, -0.15) is 0 Å². The molecule has 0 aliphatic rings. The minimum absolute atomic E-state index is 0.0395. The molecule has 2 aromatic rings. The van der Waals surface area contributed by atoms with Crippen molar-refractivity contribution < 1.29 is 0 Å². The number of hydrogen-bond donors (Lipinski definition) is 0. The van der Waals surface area contributed by atoms with Gasteiger partial charge in [-0.3, -0.25) is 0 Å². The summed E-state index contributed by atoms with van der Waals surface area (Å²) in [6, 6.07) is 10.7. The molecule has 0 spiro atoms. The zero-order valence-electron chi connectivity index (χ0n) is 12.3. The summed E-state index contributed by atoms with van der Waals surface area (Å²) in [6.07, 6.45) is 0. The van der Waals surface area contributed by atoms with Crippen LogP contribution in [0, 0.1) is 13.8 Å². The fraction of sp³-hybridized carbons (Fsp3) is 0.412. The van der Waals surface area contributed by atoms with Crippen LogP contribution in [0.4, 0.5) is 0 Å². The van der Waals surface area contributed by atoms with Crippen molar-refractivity contribution in [2.45, 2.75) is 45.4 Å². The Kier molecular flexibility index (Phi) is 4.08. The van der Waals surface area contributed by atoms with Crippen molar-refractivity contribution in [2.24, 2.45) is 0 Å². The lowest BCUT2D eigenvalue weighted by Crippen LogP contribution is -2.07. The SMILES string of the molecule is Cc1cccc(C)c1C(Cl)c1ccc(C(C)(C)C)s1. The highest BCUT2D eigenvalue weighted by Gasteiger charge is 2.21. The predicted octanol–water partition coefficient (Wildman–Crippen LogP) is 5.99. The molecular weight excluding hydrogens is 272 g/mol. The Labute approximate surface area is 125 Å². The van der Waals surface area contributed by atoms with Crippen LogP contribution >= 0.6 is 22.9 Å². The molecule has 0 saturated heterocycles. The number of alkyl halides is 1. The van der Waals surface area contributed by atoms with Crippen molar-refractivity contribution in [3.8, 4) is 0 Å². The minimum Gasteiger partial charge on any atom is -0.143 e. The molecule has 1 aromatic heterocycles. The summed E-state index contributed by atoms with van der Waals surface area (Å²) in [5.41, 5.74) is 3.99. The Morgan fingerprint density at radius 3 is 2.05 bits per heavy atom. The zero-order chi connectivity index (χ0) is 14.2. The van der Waals surface area contributed by atoms with Crippen LogP contribution in [0.3, 0.4) is 0 Å². The molecule has 1 aromatic carbocycles. The maximum Gasteiger partial charge on any atom is 0.0932 e. The average molecular weight is 293 g/mol. The molecular formula is C17H21ClS. The third kappa shape index (κ3) is 3.04. The predicted molar refractivity (Wildman–Crippen MR) is 86.6 cm³/mol. The van der Waals surface area contributed by atoms with Crippen LogP contribution in [0.2, 0.25) is 0 Å². The lowest BCUT2D eigenvalue weighted by Gasteiger charge is -2.17. The molecule has 0 N–H and O–H groups in total. The van der Waals surface area contributed by atoms with Crippen LogP contribution in [0.25, 0.3) is 0 Å². The second kappa shape index (κ2) is 5.30. The van der Waals surface area contributed by atoms with Gasteiger partial charge in [0.15, 0.2) is 0 Å². The molecule has 1 heterocycles. The van der Waals surface area contributed by atoms with Crippen molar-refractivity contribution in [2.75, 3.05) is 0 Å². The van der Waals surface area contributed by atoms with Gasteiger partial charge in [-0.1, -0.05) is 39.0 Å². The molecule has 0 bridgehead atoms. The van der Waals surface area contributed by atoms with Crippen LogP contribution < -0.4 is 0 Å². The van der Waals surface area contributed by atoms with Crippen molar-refractivity contribution >= 4 is 22.9 Å². The Balaban J connectivity index is 2.40. The molecule has 2 rings (SSSR count). The van der Waals surface area contributed by atoms with E-state index in [2.05, 4.69) is 65.0 Å². The number of aryl methyl sites for hydroxylation is 2. The quantitative estimate of drug-likeness (QED) is 0.596. The molecule has 1 unspecified atom stereocenters. The van der Waals surface area contributed by atoms with Gasteiger partial charge >= 0.3 is 0 Å². The van der Waals surface area contributed by atoms with Gasteiger partial charge < -0.3 is 0 Å². The van der Waals surface area contributed by atoms with Crippen LogP contribution in [-0.4, -0.2) is 0 Å². The molecule has 19 heavy (non-hydrogen) atoms. The van der Waals surface area contributed by atoms with E-state index in [9.17, 15) is 0 Å². The zero-order valence-corrected chi connectivity index (χ0v) is 13.8. The van der Waals surface area contributed by atoms with Gasteiger partial charge in [-0.25, -0.2) is 0 Å². The molecule has 0 saturated carbocycles. The second-order valence-corrected chi connectivity index (χ2v) is 7.67. The van der Waals surface area contributed by atoms with Gasteiger partial charge in [-0.15, -0.1) is 22.9 Å². The Morgan fingerprint density at radius 1 is 1.00 bits per heavy atom. The van der Waals surface area contributed by atoms with Crippen LogP contribution in [0.15, 0.2) is 30.3 Å². The van der Waals surface area contributed by atoms with Crippen molar-refractivity contribution in [3.63, 3.8) is 0 Å². The monoisotopic (exact) mass is 292 g/mol. The summed E-state index contributed by atoms with van der Waals surface area (Å²) in [4.78, 5) is 2.63. The Hall–Kier alpha value is -0.790. The molecule has 0 amide bonds. The molecule has 1 atom stereocenters. The first-order chi connectivity index (χ1) is 8.80. The maximum atomic E-state index is 6.72. The highest BCUT2D eigenvalue weighted by atomic mass is 35.5. The van der Waals surface area contributed by atoms with E-state index in [0.29, 0.717) is 0 Å². The van der Waals surface area contributed by atoms with E-state index in [1.54, 1.807) is 0 Å². The summed E-state index contributed by atoms with van der Waals surface area (Å²) in [5.74, 6) is 0. The number of rotatable bonds is 2. The summed E-state index contributed by atoms with van der Waals surface area (Å²) >= 11 is 8.54. The Bertz CT molecular complexity index is 555. The maximum absolute atomic E-state index is 6.72. The van der Waals surface area contributed by atoms with E-state index in [0.717, 1.165) is 0 Å². The van der Waals surface area contributed by atoms with Crippen LogP contribution in [-0.2, 0) is 5.41 Å². The number of hydrogen-bond acceptors (Lipinski definition) is 1. The smallest absolute Gasteiger partial charge is 0.0932 e. The van der Waals surface area contributed by atoms with Gasteiger partial charge in [0.05, 0.1) is 5.38 Å². The highest BCUT2D eigenvalue weighted by molar-refractivity contribution is 7.12. The second-order valence-electron chi connectivity index (χ2n) is 6.12. The molecule has 0 radical (unpaired) electrons. The molecule has 0 aliphatic heterocycles. The fourth-order valence-electron chi connectivity index (χ4n) is 2.26. The van der Waals surface area contributed by atoms with E-state index in [1.807, 2.05) is 11.3 Å². The third-order valence-corrected chi connectivity index (χ3v) is 5.57. The van der Waals surface area contributed by atoms with Gasteiger partial charge in [0, 0.05) is 9.75 Å². The van der Waals surface area contributed by atoms with Gasteiger partial charge in [-0.05, 0) is 48.1 Å². The summed E-state index contributed by atoms with van der Waals surface area (Å²) in [7, 11) is 0. The van der Waals surface area contributed by atoms with Gasteiger partial charge in [0.25, 0.3) is 0 Å². The summed E-state index contributed by atoms with van der Waals surface area (Å²) in [6.45, 7) is 11.0. The van der Waals surface area contributed by atoms with Crippen molar-refractivity contribution in [1.82, 2.24) is 0 Å². The summed E-state index contributed by atoms with van der Waals surface area (Å²) < 4.78 is 0. The first kappa shape index (κ1) is 14.6. The van der Waals surface area contributed by atoms with E-state index in [4.69, 9.17) is 11.6 Å². The number of halogens is 1. The van der Waals surface area contributed by atoms with Crippen molar-refractivity contribution in [1.29, 1.82) is 0 Å². The lowest BCUT2D eigenvalue weighted by atomic mass is 9.95. The van der Waals surface area contributed by atoms with E-state index < -0.39 is 0 Å². The topological polar surface area (TPSA) is 0 Å². The van der Waals surface area contributed by atoms with E-state index >= 15 is 0 Å². The first-order valence-corrected chi connectivity index (χ1v) is 7.86. The standard InChI is InChI=1S/C17H21ClS/c1-11-7-6-8-12(2)15(11)16(18)13-9-10-14(19-13)17(3,4)5/h6-10,16H,1-5H3. The minimum atomic E-state index is -0.0395. The molecule has 0 nitrogen and oxygen atoms in total. The first-order valence-electron chi connectivity index (χ1n) is 6.61. The molecule has 102 valence electrons.